The zero-order valence-corrected chi connectivity index (χ0v) is 9.05. The smallest absolute Gasteiger partial charge is 0.171 e. The molecule has 0 fully saturated rings. The van der Waals surface area contributed by atoms with Crippen LogP contribution < -0.4 is 0 Å². The average Bonchev–Trinajstić information content (AvgIpc) is 2.24. The van der Waals surface area contributed by atoms with Crippen molar-refractivity contribution in [2.45, 2.75) is 13.3 Å². The van der Waals surface area contributed by atoms with Gasteiger partial charge in [0.2, 0.25) is 0 Å². The first-order valence-corrected chi connectivity index (χ1v) is 4.91. The second-order valence-electron chi connectivity index (χ2n) is 1.80. The molecule has 12 heavy (non-hydrogen) atoms. The third-order valence-corrected chi connectivity index (χ3v) is 0.831. The molecule has 1 aromatic carbocycles. The summed E-state index contributed by atoms with van der Waals surface area (Å²) in [7, 11) is 0. The number of rotatable bonds is 1. The van der Waals surface area contributed by atoms with E-state index in [9.17, 15) is 0 Å². The first kappa shape index (κ1) is 14.2. The Hall–Kier alpha value is -0.327. The average molecular weight is 252 g/mol. The predicted molar refractivity (Wildman–Crippen MR) is 49.8 cm³/mol. The molecular formula is C10H15ORu. The zero-order valence-electron chi connectivity index (χ0n) is 7.31. The molecule has 0 aromatic heterocycles. The van der Waals surface area contributed by atoms with Crippen molar-refractivity contribution in [1.82, 2.24) is 0 Å². The van der Waals surface area contributed by atoms with Crippen LogP contribution in [0.3, 0.4) is 0 Å². The van der Waals surface area contributed by atoms with Gasteiger partial charge in [-0.1, -0.05) is 6.92 Å². The van der Waals surface area contributed by atoms with Crippen molar-refractivity contribution >= 4 is 5.11 Å². The molecule has 0 radical (unpaired) electrons. The summed E-state index contributed by atoms with van der Waals surface area (Å²) >= 11 is 2.10. The first-order valence-electron chi connectivity index (χ1n) is 3.68. The summed E-state index contributed by atoms with van der Waals surface area (Å²) < 4.78 is 0. The van der Waals surface area contributed by atoms with Gasteiger partial charge in [-0.05, 0) is 6.42 Å². The second-order valence-corrected chi connectivity index (χ2v) is 1.80. The molecule has 0 aliphatic heterocycles. The topological polar surface area (TPSA) is 20.2 Å². The molecule has 0 saturated heterocycles. The van der Waals surface area contributed by atoms with Crippen molar-refractivity contribution in [2.24, 2.45) is 0 Å². The van der Waals surface area contributed by atoms with Gasteiger partial charge >= 0.3 is 23.0 Å². The van der Waals surface area contributed by atoms with Crippen molar-refractivity contribution < 1.29 is 23.0 Å². The predicted octanol–water partition coefficient (Wildman–Crippen LogP) is 1.84. The summed E-state index contributed by atoms with van der Waals surface area (Å²) in [5.74, 6) is 0. The van der Waals surface area contributed by atoms with Crippen molar-refractivity contribution in [3.05, 3.63) is 36.4 Å². The maximum Gasteiger partial charge on any atom is -0.171 e. The van der Waals surface area contributed by atoms with Gasteiger partial charge in [-0.15, -0.1) is 0 Å². The quantitative estimate of drug-likeness (QED) is 0.597. The second kappa shape index (κ2) is 17.0. The van der Waals surface area contributed by atoms with E-state index in [0.717, 1.165) is 6.42 Å². The van der Waals surface area contributed by atoms with Crippen molar-refractivity contribution in [2.75, 3.05) is 6.61 Å². The maximum atomic E-state index is 7.88. The van der Waals surface area contributed by atoms with Gasteiger partial charge in [0.25, 0.3) is 0 Å². The van der Waals surface area contributed by atoms with Gasteiger partial charge in [-0.3, -0.25) is 0 Å². The van der Waals surface area contributed by atoms with Crippen LogP contribution in [0.2, 0.25) is 0 Å². The van der Waals surface area contributed by atoms with Crippen LogP contribution in [-0.4, -0.2) is 16.8 Å². The van der Waals surface area contributed by atoms with Gasteiger partial charge in [0.1, 0.15) is 0 Å². The van der Waals surface area contributed by atoms with Crippen LogP contribution in [-0.2, 0) is 17.9 Å². The van der Waals surface area contributed by atoms with E-state index in [1.807, 2.05) is 37.3 Å². The van der Waals surface area contributed by atoms with E-state index >= 15 is 0 Å². The Morgan fingerprint density at radius 2 is 1.67 bits per heavy atom. The molecule has 0 aliphatic rings. The minimum Gasteiger partial charge on any atom is -0.184 e. The normalized spacial score (nSPS) is 6.83. The zero-order chi connectivity index (χ0) is 9.66. The summed E-state index contributed by atoms with van der Waals surface area (Å²) in [4.78, 5) is 0. The van der Waals surface area contributed by atoms with Crippen LogP contribution in [0.25, 0.3) is 0 Å². The SMILES string of the molecule is CCCO.[CH2]=[Ru+].[c-]1ccccc1. The molecular weight excluding hydrogens is 237 g/mol. The number of hydrogen-bond acceptors (Lipinski definition) is 1. The monoisotopic (exact) mass is 253 g/mol. The van der Waals surface area contributed by atoms with E-state index in [2.05, 4.69) is 29.0 Å². The molecule has 1 N–H and O–H groups in total. The molecule has 0 aliphatic carbocycles. The summed E-state index contributed by atoms with van der Waals surface area (Å²) in [6.45, 7) is 2.25. The molecule has 0 saturated carbocycles. The largest absolute Gasteiger partial charge is 0.184 e. The van der Waals surface area contributed by atoms with Crippen LogP contribution in [0.5, 0.6) is 0 Å². The number of hydrogen-bond donors (Lipinski definition) is 1. The fraction of sp³-hybridized carbons (Fsp3) is 0.300. The van der Waals surface area contributed by atoms with Crippen LogP contribution in [0, 0.1) is 6.07 Å². The summed E-state index contributed by atoms with van der Waals surface area (Å²) in [6, 6.07) is 12.5. The molecule has 0 bridgehead atoms. The molecule has 69 valence electrons. The Morgan fingerprint density at radius 3 is 1.75 bits per heavy atom. The molecule has 2 heteroatoms. The minimum atomic E-state index is 0.319. The molecule has 0 unspecified atom stereocenters. The molecule has 1 rings (SSSR count). The maximum absolute atomic E-state index is 7.88. The van der Waals surface area contributed by atoms with Crippen molar-refractivity contribution in [3.63, 3.8) is 0 Å². The fourth-order valence-corrected chi connectivity index (χ4v) is 0.342. The van der Waals surface area contributed by atoms with Crippen molar-refractivity contribution in [1.29, 1.82) is 0 Å². The van der Waals surface area contributed by atoms with Crippen molar-refractivity contribution in [3.8, 4) is 0 Å². The molecule has 1 aromatic rings. The molecule has 0 amide bonds. The summed E-state index contributed by atoms with van der Waals surface area (Å²) in [5, 5.41) is 11.1. The third-order valence-electron chi connectivity index (χ3n) is 0.831. The summed E-state index contributed by atoms with van der Waals surface area (Å²) in [5.41, 5.74) is 0. The molecule has 0 spiro atoms. The van der Waals surface area contributed by atoms with Crippen LogP contribution in [0.15, 0.2) is 30.3 Å². The standard InChI is InChI=1S/C6H5.C3H8O.CH2.Ru/c1-2-4-6-5-3-1;1-2-3-4;;/h1-5H;4H,2-3H2,1H3;1H2;/q-1;;;+1. The van der Waals surface area contributed by atoms with Gasteiger partial charge < -0.3 is 5.11 Å². The minimum absolute atomic E-state index is 0.319. The third kappa shape index (κ3) is 16.3. The van der Waals surface area contributed by atoms with Crippen LogP contribution >= 0.6 is 0 Å². The van der Waals surface area contributed by atoms with Gasteiger partial charge in [0, 0.05) is 6.61 Å². The fourth-order valence-electron chi connectivity index (χ4n) is 0.342. The van der Waals surface area contributed by atoms with E-state index in [1.54, 1.807) is 0 Å². The molecule has 1 nitrogen and oxygen atoms in total. The first-order chi connectivity index (χ1) is 5.91. The van der Waals surface area contributed by atoms with Gasteiger partial charge in [-0.25, -0.2) is 0 Å². The van der Waals surface area contributed by atoms with E-state index in [1.165, 1.54) is 0 Å². The van der Waals surface area contributed by atoms with Gasteiger partial charge in [0.05, 0.1) is 0 Å². The van der Waals surface area contributed by atoms with Gasteiger partial charge in [-0.2, -0.15) is 36.4 Å². The Balaban J connectivity index is 0. The Morgan fingerprint density at radius 1 is 1.25 bits per heavy atom. The number of aliphatic hydroxyl groups is 1. The van der Waals surface area contributed by atoms with Crippen LogP contribution in [0.4, 0.5) is 0 Å². The van der Waals surface area contributed by atoms with E-state index in [-0.39, 0.29) is 0 Å². The summed E-state index contributed by atoms with van der Waals surface area (Å²) in [6.07, 6.45) is 0.875. The Bertz CT molecular complexity index is 113. The Kier molecular flexibility index (Phi) is 20.1. The molecule has 0 atom stereocenters. The van der Waals surface area contributed by atoms with E-state index in [4.69, 9.17) is 5.11 Å². The Labute approximate surface area is 84.6 Å². The van der Waals surface area contributed by atoms with E-state index in [0.29, 0.717) is 6.61 Å². The van der Waals surface area contributed by atoms with Gasteiger partial charge in [0.15, 0.2) is 0 Å². The van der Waals surface area contributed by atoms with Crippen LogP contribution in [0.1, 0.15) is 13.3 Å². The molecule has 0 heterocycles. The number of aliphatic hydroxyl groups excluding tert-OH is 1. The van der Waals surface area contributed by atoms with E-state index < -0.39 is 0 Å². The number of benzene rings is 1.